The molecule has 0 aliphatic heterocycles. The Morgan fingerprint density at radius 3 is 2.34 bits per heavy atom. The van der Waals surface area contributed by atoms with E-state index in [9.17, 15) is 29.4 Å². The van der Waals surface area contributed by atoms with Gasteiger partial charge in [-0.25, -0.2) is 4.79 Å². The molecule has 7 nitrogen and oxygen atoms in total. The van der Waals surface area contributed by atoms with E-state index in [4.69, 9.17) is 4.74 Å². The molecule has 4 aliphatic carbocycles. The Labute approximate surface area is 226 Å². The number of fused-ring (bicyclic) bond motifs is 5. The van der Waals surface area contributed by atoms with Crippen LogP contribution in [0.5, 0.6) is 0 Å². The molecule has 0 saturated heterocycles. The van der Waals surface area contributed by atoms with Gasteiger partial charge in [0.15, 0.2) is 5.78 Å². The molecule has 9 atom stereocenters. The van der Waals surface area contributed by atoms with E-state index in [0.717, 1.165) is 5.57 Å². The lowest BCUT2D eigenvalue weighted by Crippen LogP contribution is -2.69. The Morgan fingerprint density at radius 2 is 1.76 bits per heavy atom. The zero-order valence-electron chi connectivity index (χ0n) is 23.9. The van der Waals surface area contributed by atoms with Crippen molar-refractivity contribution < 1.29 is 34.1 Å². The standard InChI is InChI=1S/C31H44O7/c1-16(2)9-8-10-19(28(36)37)24-20-11-12-23-29(5)14-13-21(33)17(3)25(29)26(34)27(35)31(23,7)30(20,6)15-22(24)38-18(4)32/h9,17,20,22-23,25-26,34H,8,10-15H2,1-7H3,(H,36,37)/b24-19+/t17-,20+,22+,23-,25+,26+,29+,30+,31+/m1/s1. The fourth-order valence-corrected chi connectivity index (χ4v) is 9.37. The Hall–Kier alpha value is -2.28. The van der Waals surface area contributed by atoms with Crippen molar-refractivity contribution in [2.75, 3.05) is 0 Å². The SMILES string of the molecule is CC(=O)O[C@H]1C[C@@]2(C)[C@@H](CC[C@@H]3[C@]4(C)CCC(=O)[C@@H](C)[C@H]4[C@H](O)C(=O)[C@]32C)/C1=C(/CCC=C(C)C)C(=O)O. The number of ether oxygens (including phenoxy) is 1. The van der Waals surface area contributed by atoms with Crippen molar-refractivity contribution in [2.24, 2.45) is 39.9 Å². The first-order chi connectivity index (χ1) is 17.6. The Bertz CT molecular complexity index is 1110. The number of Topliss-reactive ketones (excluding diaryl/α,β-unsaturated/α-hetero) is 2. The molecule has 210 valence electrons. The zero-order chi connectivity index (χ0) is 28.4. The summed E-state index contributed by atoms with van der Waals surface area (Å²) >= 11 is 0. The average molecular weight is 529 g/mol. The number of aliphatic hydroxyl groups is 1. The molecule has 4 rings (SSSR count). The van der Waals surface area contributed by atoms with E-state index in [1.807, 2.05) is 40.7 Å². The maximum atomic E-state index is 14.3. The molecule has 7 heteroatoms. The van der Waals surface area contributed by atoms with Crippen LogP contribution in [-0.2, 0) is 23.9 Å². The Morgan fingerprint density at radius 1 is 1.11 bits per heavy atom. The lowest BCUT2D eigenvalue weighted by atomic mass is 9.36. The van der Waals surface area contributed by atoms with Crippen molar-refractivity contribution in [3.63, 3.8) is 0 Å². The summed E-state index contributed by atoms with van der Waals surface area (Å²) < 4.78 is 5.80. The van der Waals surface area contributed by atoms with Crippen LogP contribution in [0.2, 0.25) is 0 Å². The lowest BCUT2D eigenvalue weighted by Gasteiger charge is -2.67. The maximum Gasteiger partial charge on any atom is 0.331 e. The van der Waals surface area contributed by atoms with Crippen molar-refractivity contribution >= 4 is 23.5 Å². The summed E-state index contributed by atoms with van der Waals surface area (Å²) in [5.74, 6) is -2.77. The van der Waals surface area contributed by atoms with E-state index in [0.29, 0.717) is 50.5 Å². The van der Waals surface area contributed by atoms with E-state index in [1.165, 1.54) is 6.92 Å². The first kappa shape index (κ1) is 28.7. The Balaban J connectivity index is 1.86. The molecule has 0 heterocycles. The van der Waals surface area contributed by atoms with Gasteiger partial charge < -0.3 is 14.9 Å². The molecule has 0 spiro atoms. The highest BCUT2D eigenvalue weighted by Gasteiger charge is 2.73. The number of aliphatic hydroxyl groups excluding tert-OH is 1. The van der Waals surface area contributed by atoms with Crippen molar-refractivity contribution in [3.05, 3.63) is 22.8 Å². The molecular weight excluding hydrogens is 484 g/mol. The van der Waals surface area contributed by atoms with Gasteiger partial charge in [0.25, 0.3) is 0 Å². The van der Waals surface area contributed by atoms with Crippen LogP contribution < -0.4 is 0 Å². The predicted octanol–water partition coefficient (Wildman–Crippen LogP) is 5.05. The zero-order valence-corrected chi connectivity index (χ0v) is 23.9. The van der Waals surface area contributed by atoms with Crippen LogP contribution in [0.15, 0.2) is 22.8 Å². The average Bonchev–Trinajstić information content (AvgIpc) is 3.09. The normalized spacial score (nSPS) is 43.5. The first-order valence-electron chi connectivity index (χ1n) is 14.1. The molecule has 2 N–H and O–H groups in total. The summed E-state index contributed by atoms with van der Waals surface area (Å²) in [5.41, 5.74) is -0.0476. The molecule has 38 heavy (non-hydrogen) atoms. The van der Waals surface area contributed by atoms with Gasteiger partial charge in [0, 0.05) is 36.2 Å². The summed E-state index contributed by atoms with van der Waals surface area (Å²) in [7, 11) is 0. The second-order valence-corrected chi connectivity index (χ2v) is 13.3. The first-order valence-corrected chi connectivity index (χ1v) is 14.1. The minimum absolute atomic E-state index is 0.0658. The van der Waals surface area contributed by atoms with Gasteiger partial charge in [0.1, 0.15) is 18.0 Å². The van der Waals surface area contributed by atoms with Gasteiger partial charge in [-0.15, -0.1) is 0 Å². The third kappa shape index (κ3) is 4.02. The minimum Gasteiger partial charge on any atom is -0.478 e. The van der Waals surface area contributed by atoms with Crippen LogP contribution in [0.4, 0.5) is 0 Å². The van der Waals surface area contributed by atoms with Crippen LogP contribution in [0.1, 0.15) is 93.4 Å². The maximum absolute atomic E-state index is 14.3. The molecule has 4 aliphatic rings. The molecule has 0 aromatic rings. The van der Waals surface area contributed by atoms with Gasteiger partial charge in [-0.3, -0.25) is 14.4 Å². The van der Waals surface area contributed by atoms with Crippen molar-refractivity contribution in [2.45, 2.75) is 106 Å². The van der Waals surface area contributed by atoms with Crippen LogP contribution >= 0.6 is 0 Å². The highest BCUT2D eigenvalue weighted by Crippen LogP contribution is 2.73. The molecule has 0 unspecified atom stereocenters. The molecule has 0 amide bonds. The number of ketones is 2. The van der Waals surface area contributed by atoms with Gasteiger partial charge in [-0.1, -0.05) is 39.3 Å². The molecule has 0 aromatic heterocycles. The van der Waals surface area contributed by atoms with Crippen molar-refractivity contribution in [1.29, 1.82) is 0 Å². The number of rotatable bonds is 5. The molecule has 0 bridgehead atoms. The summed E-state index contributed by atoms with van der Waals surface area (Å²) in [6.07, 6.45) is 3.69. The highest BCUT2D eigenvalue weighted by molar-refractivity contribution is 5.94. The Kier molecular flexibility index (Phi) is 7.35. The van der Waals surface area contributed by atoms with E-state index in [-0.39, 0.29) is 34.9 Å². The minimum atomic E-state index is -1.26. The smallest absolute Gasteiger partial charge is 0.331 e. The van der Waals surface area contributed by atoms with Crippen LogP contribution in [-0.4, -0.2) is 45.9 Å². The molecule has 0 aromatic carbocycles. The quantitative estimate of drug-likeness (QED) is 0.291. The summed E-state index contributed by atoms with van der Waals surface area (Å²) in [4.78, 5) is 51.7. The second-order valence-electron chi connectivity index (χ2n) is 13.3. The monoisotopic (exact) mass is 528 g/mol. The summed E-state index contributed by atoms with van der Waals surface area (Å²) in [6, 6.07) is 0. The van der Waals surface area contributed by atoms with E-state index in [2.05, 4.69) is 6.92 Å². The highest BCUT2D eigenvalue weighted by atomic mass is 16.5. The van der Waals surface area contributed by atoms with Crippen LogP contribution in [0.25, 0.3) is 0 Å². The van der Waals surface area contributed by atoms with Gasteiger partial charge in [0.2, 0.25) is 0 Å². The van der Waals surface area contributed by atoms with Gasteiger partial charge in [0.05, 0.1) is 0 Å². The number of carbonyl (C=O) groups is 4. The fourth-order valence-electron chi connectivity index (χ4n) is 9.37. The third-order valence-corrected chi connectivity index (χ3v) is 11.2. The third-order valence-electron chi connectivity index (χ3n) is 11.2. The number of carbonyl (C=O) groups excluding carboxylic acids is 3. The van der Waals surface area contributed by atoms with Gasteiger partial charge in [-0.05, 0) is 80.6 Å². The molecular formula is C31H44O7. The lowest BCUT2D eigenvalue weighted by molar-refractivity contribution is -0.213. The van der Waals surface area contributed by atoms with Crippen LogP contribution in [0, 0.1) is 39.9 Å². The predicted molar refractivity (Wildman–Crippen MR) is 142 cm³/mol. The number of allylic oxidation sites excluding steroid dienone is 2. The molecule has 4 saturated carbocycles. The number of esters is 1. The summed E-state index contributed by atoms with van der Waals surface area (Å²) in [5, 5.41) is 21.8. The van der Waals surface area contributed by atoms with Gasteiger partial charge >= 0.3 is 11.9 Å². The van der Waals surface area contributed by atoms with E-state index < -0.39 is 46.3 Å². The number of carboxylic acid groups (broad SMARTS) is 1. The van der Waals surface area contributed by atoms with Gasteiger partial charge in [-0.2, -0.15) is 0 Å². The topological polar surface area (TPSA) is 118 Å². The number of hydrogen-bond donors (Lipinski definition) is 2. The largest absolute Gasteiger partial charge is 0.478 e. The van der Waals surface area contributed by atoms with Crippen molar-refractivity contribution in [3.8, 4) is 0 Å². The van der Waals surface area contributed by atoms with E-state index >= 15 is 0 Å². The molecule has 0 radical (unpaired) electrons. The van der Waals surface area contributed by atoms with E-state index in [1.54, 1.807) is 0 Å². The van der Waals surface area contributed by atoms with Crippen LogP contribution in [0.3, 0.4) is 0 Å². The second kappa shape index (κ2) is 9.72. The number of hydrogen-bond acceptors (Lipinski definition) is 6. The molecule has 4 fully saturated rings. The van der Waals surface area contributed by atoms with Crippen molar-refractivity contribution in [1.82, 2.24) is 0 Å². The summed E-state index contributed by atoms with van der Waals surface area (Å²) in [6.45, 7) is 13.2. The number of carboxylic acids is 1. The number of aliphatic carboxylic acids is 1. The fraction of sp³-hybridized carbons (Fsp3) is 0.742.